The van der Waals surface area contributed by atoms with E-state index < -0.39 is 0 Å². The van der Waals surface area contributed by atoms with Crippen molar-refractivity contribution in [1.29, 1.82) is 0 Å². The number of thiazole rings is 1. The van der Waals surface area contributed by atoms with Crippen LogP contribution in [0.15, 0.2) is 6.20 Å². The third-order valence-electron chi connectivity index (χ3n) is 3.81. The topological polar surface area (TPSA) is 39.6 Å². The quantitative estimate of drug-likeness (QED) is 0.862. The summed E-state index contributed by atoms with van der Waals surface area (Å²) in [6.07, 6.45) is 5.86. The van der Waals surface area contributed by atoms with Gasteiger partial charge in [-0.3, -0.25) is 4.90 Å². The number of nitrogens with zero attached hydrogens (tertiary/aromatic N) is 3. The maximum atomic E-state index is 9.08. The van der Waals surface area contributed by atoms with E-state index in [0.29, 0.717) is 0 Å². The summed E-state index contributed by atoms with van der Waals surface area (Å²) in [6.45, 7) is 4.74. The van der Waals surface area contributed by atoms with Crippen LogP contribution in [0.3, 0.4) is 0 Å². The van der Waals surface area contributed by atoms with E-state index in [0.717, 1.165) is 29.1 Å². The second kappa shape index (κ2) is 4.92. The van der Waals surface area contributed by atoms with Crippen LogP contribution < -0.4 is 4.90 Å². The molecule has 0 spiro atoms. The maximum Gasteiger partial charge on any atom is 0.185 e. The summed E-state index contributed by atoms with van der Waals surface area (Å²) in [4.78, 5) is 10.4. The van der Waals surface area contributed by atoms with E-state index in [2.05, 4.69) is 14.8 Å². The summed E-state index contributed by atoms with van der Waals surface area (Å²) in [5.41, 5.74) is 0. The van der Waals surface area contributed by atoms with Gasteiger partial charge in [0.05, 0.1) is 11.5 Å². The molecule has 1 atom stereocenters. The Morgan fingerprint density at radius 2 is 2.29 bits per heavy atom. The highest BCUT2D eigenvalue weighted by Crippen LogP contribution is 2.27. The summed E-state index contributed by atoms with van der Waals surface area (Å²) in [5.74, 6) is 0. The van der Waals surface area contributed by atoms with Crippen LogP contribution in [-0.4, -0.2) is 47.2 Å². The van der Waals surface area contributed by atoms with E-state index in [1.807, 2.05) is 0 Å². The Kier molecular flexibility index (Phi) is 3.31. The van der Waals surface area contributed by atoms with Gasteiger partial charge in [0.15, 0.2) is 5.13 Å². The molecular formula is C12H19N3OS. The zero-order valence-corrected chi connectivity index (χ0v) is 10.8. The largest absolute Gasteiger partial charge is 0.391 e. The van der Waals surface area contributed by atoms with Crippen molar-refractivity contribution in [2.45, 2.75) is 31.9 Å². The van der Waals surface area contributed by atoms with Crippen LogP contribution in [-0.2, 0) is 6.61 Å². The molecule has 0 aromatic carbocycles. The van der Waals surface area contributed by atoms with Crippen molar-refractivity contribution in [2.24, 2.45) is 0 Å². The average Bonchev–Trinajstić information content (AvgIpc) is 2.87. The number of aliphatic hydroxyl groups is 1. The van der Waals surface area contributed by atoms with Crippen LogP contribution in [0.1, 0.15) is 24.1 Å². The van der Waals surface area contributed by atoms with Crippen molar-refractivity contribution in [3.8, 4) is 0 Å². The summed E-state index contributed by atoms with van der Waals surface area (Å²) in [7, 11) is 0. The third kappa shape index (κ3) is 2.32. The van der Waals surface area contributed by atoms with E-state index in [-0.39, 0.29) is 6.61 Å². The third-order valence-corrected chi connectivity index (χ3v) is 4.85. The van der Waals surface area contributed by atoms with Crippen LogP contribution in [0.2, 0.25) is 0 Å². The Morgan fingerprint density at radius 1 is 1.35 bits per heavy atom. The lowest BCUT2D eigenvalue weighted by atomic mass is 10.00. The molecule has 1 aromatic heterocycles. The summed E-state index contributed by atoms with van der Waals surface area (Å²) >= 11 is 1.63. The first-order valence-corrected chi connectivity index (χ1v) is 7.23. The van der Waals surface area contributed by atoms with Gasteiger partial charge in [0.2, 0.25) is 0 Å². The molecule has 4 nitrogen and oxygen atoms in total. The predicted molar refractivity (Wildman–Crippen MR) is 69.5 cm³/mol. The SMILES string of the molecule is OCc1cnc(N2CCN3CCCCC3C2)s1. The lowest BCUT2D eigenvalue weighted by Crippen LogP contribution is -2.54. The fourth-order valence-electron chi connectivity index (χ4n) is 2.85. The van der Waals surface area contributed by atoms with Gasteiger partial charge in [0, 0.05) is 31.9 Å². The van der Waals surface area contributed by atoms with Gasteiger partial charge in [-0.2, -0.15) is 0 Å². The van der Waals surface area contributed by atoms with Crippen molar-refractivity contribution in [2.75, 3.05) is 31.1 Å². The molecule has 2 aliphatic heterocycles. The molecule has 2 saturated heterocycles. The molecule has 3 rings (SSSR count). The highest BCUT2D eigenvalue weighted by Gasteiger charge is 2.29. The fraction of sp³-hybridized carbons (Fsp3) is 0.750. The van der Waals surface area contributed by atoms with E-state index in [1.165, 1.54) is 32.4 Å². The monoisotopic (exact) mass is 253 g/mol. The number of hydrogen-bond acceptors (Lipinski definition) is 5. The number of anilines is 1. The zero-order chi connectivity index (χ0) is 11.7. The van der Waals surface area contributed by atoms with Gasteiger partial charge in [0.1, 0.15) is 0 Å². The molecule has 0 saturated carbocycles. The van der Waals surface area contributed by atoms with Crippen LogP contribution in [0.4, 0.5) is 5.13 Å². The summed E-state index contributed by atoms with van der Waals surface area (Å²) < 4.78 is 0. The normalized spacial score (nSPS) is 25.9. The fourth-order valence-corrected chi connectivity index (χ4v) is 3.65. The molecule has 0 bridgehead atoms. The van der Waals surface area contributed by atoms with Gasteiger partial charge in [-0.1, -0.05) is 17.8 Å². The highest BCUT2D eigenvalue weighted by atomic mass is 32.1. The molecule has 1 N–H and O–H groups in total. The van der Waals surface area contributed by atoms with Crippen LogP contribution >= 0.6 is 11.3 Å². The van der Waals surface area contributed by atoms with Crippen molar-refractivity contribution < 1.29 is 5.11 Å². The van der Waals surface area contributed by atoms with E-state index in [9.17, 15) is 0 Å². The van der Waals surface area contributed by atoms with Crippen molar-refractivity contribution >= 4 is 16.5 Å². The van der Waals surface area contributed by atoms with E-state index in [4.69, 9.17) is 5.11 Å². The lowest BCUT2D eigenvalue weighted by molar-refractivity contribution is 0.133. The van der Waals surface area contributed by atoms with Crippen molar-refractivity contribution in [3.63, 3.8) is 0 Å². The Labute approximate surface area is 106 Å². The molecule has 17 heavy (non-hydrogen) atoms. The zero-order valence-electron chi connectivity index (χ0n) is 10.0. The molecule has 2 aliphatic rings. The number of piperazine rings is 1. The Hall–Kier alpha value is -0.650. The molecule has 1 aromatic rings. The number of fused-ring (bicyclic) bond motifs is 1. The molecule has 0 amide bonds. The summed E-state index contributed by atoms with van der Waals surface area (Å²) in [6, 6.07) is 0.721. The van der Waals surface area contributed by atoms with Crippen molar-refractivity contribution in [1.82, 2.24) is 9.88 Å². The second-order valence-corrected chi connectivity index (χ2v) is 5.99. The molecule has 0 radical (unpaired) electrons. The molecule has 5 heteroatoms. The highest BCUT2D eigenvalue weighted by molar-refractivity contribution is 7.15. The van der Waals surface area contributed by atoms with Crippen molar-refractivity contribution in [3.05, 3.63) is 11.1 Å². The molecule has 0 aliphatic carbocycles. The minimum atomic E-state index is 0.112. The maximum absolute atomic E-state index is 9.08. The van der Waals surface area contributed by atoms with E-state index in [1.54, 1.807) is 17.5 Å². The number of aliphatic hydroxyl groups excluding tert-OH is 1. The van der Waals surface area contributed by atoms with Gasteiger partial charge in [-0.15, -0.1) is 0 Å². The van der Waals surface area contributed by atoms with Gasteiger partial charge >= 0.3 is 0 Å². The van der Waals surface area contributed by atoms with Crippen LogP contribution in [0.5, 0.6) is 0 Å². The van der Waals surface area contributed by atoms with Gasteiger partial charge in [0.25, 0.3) is 0 Å². The van der Waals surface area contributed by atoms with Gasteiger partial charge in [-0.25, -0.2) is 4.98 Å². The van der Waals surface area contributed by atoms with Gasteiger partial charge < -0.3 is 10.0 Å². The second-order valence-electron chi connectivity index (χ2n) is 4.90. The average molecular weight is 253 g/mol. The minimum absolute atomic E-state index is 0.112. The van der Waals surface area contributed by atoms with Crippen LogP contribution in [0.25, 0.3) is 0 Å². The minimum Gasteiger partial charge on any atom is -0.391 e. The predicted octanol–water partition coefficient (Wildman–Crippen LogP) is 1.31. The van der Waals surface area contributed by atoms with Gasteiger partial charge in [-0.05, 0) is 19.4 Å². The number of rotatable bonds is 2. The Balaban J connectivity index is 1.68. The molecular weight excluding hydrogens is 234 g/mol. The molecule has 3 heterocycles. The standard InChI is InChI=1S/C12H19N3OS/c16-9-11-7-13-12(17-11)15-6-5-14-4-2-1-3-10(14)8-15/h7,10,16H,1-6,8-9H2. The number of piperidine rings is 1. The van der Waals surface area contributed by atoms with Crippen LogP contribution in [0, 0.1) is 0 Å². The number of aromatic nitrogens is 1. The summed E-state index contributed by atoms with van der Waals surface area (Å²) in [5, 5.41) is 10.2. The molecule has 1 unspecified atom stereocenters. The molecule has 94 valence electrons. The Bertz CT molecular complexity index is 382. The van der Waals surface area contributed by atoms with E-state index >= 15 is 0 Å². The first-order chi connectivity index (χ1) is 8.36. The molecule has 2 fully saturated rings. The lowest BCUT2D eigenvalue weighted by Gasteiger charge is -2.43. The number of hydrogen-bond donors (Lipinski definition) is 1. The smallest absolute Gasteiger partial charge is 0.185 e. The first kappa shape index (κ1) is 11.4. The Morgan fingerprint density at radius 3 is 3.12 bits per heavy atom. The first-order valence-electron chi connectivity index (χ1n) is 6.41.